The van der Waals surface area contributed by atoms with Crippen LogP contribution in [-0.2, 0) is 0 Å². The van der Waals surface area contributed by atoms with E-state index in [9.17, 15) is 0 Å². The normalized spacial score (nSPS) is 27.6. The molecule has 0 spiro atoms. The van der Waals surface area contributed by atoms with Gasteiger partial charge in [0.1, 0.15) is 0 Å². The van der Waals surface area contributed by atoms with E-state index in [4.69, 9.17) is 4.99 Å². The summed E-state index contributed by atoms with van der Waals surface area (Å²) < 4.78 is 0. The van der Waals surface area contributed by atoms with Gasteiger partial charge in [0.15, 0.2) is 0 Å². The van der Waals surface area contributed by atoms with E-state index in [1.165, 1.54) is 28.4 Å². The highest BCUT2D eigenvalue weighted by molar-refractivity contribution is 8.14. The molecule has 2 heterocycles. The molecule has 0 radical (unpaired) electrons. The highest BCUT2D eigenvalue weighted by atomic mass is 32.2. The first kappa shape index (κ1) is 11.3. The molecular formula is C12H17NS2. The molecule has 1 nitrogen and oxygen atoms in total. The van der Waals surface area contributed by atoms with Crippen LogP contribution in [0.2, 0.25) is 0 Å². The van der Waals surface area contributed by atoms with Crippen molar-refractivity contribution in [2.45, 2.75) is 32.7 Å². The maximum absolute atomic E-state index is 4.75. The van der Waals surface area contributed by atoms with Crippen molar-refractivity contribution in [1.29, 1.82) is 0 Å². The Hall–Kier alpha value is -0.150. The molecule has 82 valence electrons. The lowest BCUT2D eigenvalue weighted by atomic mass is 10.2. The molecule has 1 unspecified atom stereocenters. The van der Waals surface area contributed by atoms with Gasteiger partial charge in [-0.15, -0.1) is 23.5 Å². The van der Waals surface area contributed by atoms with Gasteiger partial charge in [-0.1, -0.05) is 11.6 Å². The first-order chi connectivity index (χ1) is 7.25. The largest absolute Gasteiger partial charge is 0.275 e. The molecule has 2 aliphatic rings. The average molecular weight is 239 g/mol. The van der Waals surface area contributed by atoms with E-state index in [-0.39, 0.29) is 0 Å². The summed E-state index contributed by atoms with van der Waals surface area (Å²) in [6, 6.07) is 0.518. The zero-order chi connectivity index (χ0) is 10.7. The molecule has 0 bridgehead atoms. The summed E-state index contributed by atoms with van der Waals surface area (Å²) in [5.41, 5.74) is 2.91. The number of hydrogen-bond acceptors (Lipinski definition) is 3. The molecule has 0 saturated carbocycles. The number of rotatable bonds is 1. The second-order valence-corrected chi connectivity index (χ2v) is 6.07. The SMILES string of the molecule is CC1=CSCC(C2=NC(C)CCS2)=CC1. The first-order valence-corrected chi connectivity index (χ1v) is 7.46. The van der Waals surface area contributed by atoms with Gasteiger partial charge in [0.2, 0.25) is 0 Å². The predicted octanol–water partition coefficient (Wildman–Crippen LogP) is 3.88. The Morgan fingerprint density at radius 3 is 3.13 bits per heavy atom. The van der Waals surface area contributed by atoms with Gasteiger partial charge in [-0.2, -0.15) is 0 Å². The van der Waals surface area contributed by atoms with E-state index in [0.717, 1.165) is 12.2 Å². The Balaban J connectivity index is 2.11. The van der Waals surface area contributed by atoms with Gasteiger partial charge < -0.3 is 0 Å². The molecule has 0 aliphatic carbocycles. The monoisotopic (exact) mass is 239 g/mol. The van der Waals surface area contributed by atoms with Crippen LogP contribution < -0.4 is 0 Å². The molecule has 0 N–H and O–H groups in total. The molecule has 0 aromatic carbocycles. The quantitative estimate of drug-likeness (QED) is 0.688. The molecule has 15 heavy (non-hydrogen) atoms. The third-order valence-corrected chi connectivity index (χ3v) is 4.71. The lowest BCUT2D eigenvalue weighted by Crippen LogP contribution is -2.14. The number of aliphatic imine (C=N–C) groups is 1. The van der Waals surface area contributed by atoms with Crippen LogP contribution >= 0.6 is 23.5 Å². The molecule has 2 rings (SSSR count). The molecule has 0 aromatic rings. The number of allylic oxidation sites excluding steroid dienone is 2. The highest BCUT2D eigenvalue weighted by Gasteiger charge is 2.15. The van der Waals surface area contributed by atoms with Gasteiger partial charge in [-0.05, 0) is 37.7 Å². The first-order valence-electron chi connectivity index (χ1n) is 5.43. The Labute approximate surface area is 101 Å². The van der Waals surface area contributed by atoms with Crippen LogP contribution in [0.1, 0.15) is 26.7 Å². The van der Waals surface area contributed by atoms with Crippen LogP contribution in [0.4, 0.5) is 0 Å². The lowest BCUT2D eigenvalue weighted by molar-refractivity contribution is 0.721. The Morgan fingerprint density at radius 1 is 1.47 bits per heavy atom. The van der Waals surface area contributed by atoms with E-state index in [0.29, 0.717) is 6.04 Å². The Morgan fingerprint density at radius 2 is 2.33 bits per heavy atom. The molecule has 1 atom stereocenters. The van der Waals surface area contributed by atoms with Crippen LogP contribution in [0, 0.1) is 0 Å². The smallest absolute Gasteiger partial charge is 0.0945 e. The Kier molecular flexibility index (Phi) is 3.98. The highest BCUT2D eigenvalue weighted by Crippen LogP contribution is 2.27. The van der Waals surface area contributed by atoms with Crippen molar-refractivity contribution >= 4 is 28.6 Å². The van der Waals surface area contributed by atoms with Crippen molar-refractivity contribution in [1.82, 2.24) is 0 Å². The van der Waals surface area contributed by atoms with Crippen molar-refractivity contribution in [2.24, 2.45) is 4.99 Å². The minimum atomic E-state index is 0.518. The Bertz CT molecular complexity index is 329. The summed E-state index contributed by atoms with van der Waals surface area (Å²) in [5.74, 6) is 2.32. The second-order valence-electron chi connectivity index (χ2n) is 4.13. The molecule has 3 heteroatoms. The van der Waals surface area contributed by atoms with Crippen molar-refractivity contribution in [3.05, 3.63) is 22.6 Å². The second kappa shape index (κ2) is 5.26. The fraction of sp³-hybridized carbons (Fsp3) is 0.583. The standard InChI is InChI=1S/C12H17NS2/c1-9-3-4-11(8-14-7-9)12-13-10(2)5-6-15-12/h4,7,10H,3,5-6,8H2,1-2H3. The number of hydrogen-bond donors (Lipinski definition) is 0. The van der Waals surface area contributed by atoms with E-state index >= 15 is 0 Å². The third-order valence-electron chi connectivity index (χ3n) is 2.58. The van der Waals surface area contributed by atoms with Crippen LogP contribution in [0.25, 0.3) is 0 Å². The minimum absolute atomic E-state index is 0.518. The molecule has 0 saturated heterocycles. The van der Waals surface area contributed by atoms with Crippen molar-refractivity contribution in [3.8, 4) is 0 Å². The topological polar surface area (TPSA) is 12.4 Å². The van der Waals surface area contributed by atoms with Crippen molar-refractivity contribution in [2.75, 3.05) is 11.5 Å². The zero-order valence-corrected chi connectivity index (χ0v) is 11.0. The van der Waals surface area contributed by atoms with Crippen LogP contribution in [0.3, 0.4) is 0 Å². The molecule has 2 aliphatic heterocycles. The van der Waals surface area contributed by atoms with Gasteiger partial charge in [-0.25, -0.2) is 0 Å². The fourth-order valence-corrected chi connectivity index (χ4v) is 3.85. The summed E-state index contributed by atoms with van der Waals surface area (Å²) in [6.45, 7) is 4.42. The molecule has 0 amide bonds. The molecule has 0 fully saturated rings. The van der Waals surface area contributed by atoms with Crippen molar-refractivity contribution in [3.63, 3.8) is 0 Å². The van der Waals surface area contributed by atoms with Gasteiger partial charge >= 0.3 is 0 Å². The number of nitrogens with zero attached hydrogens (tertiary/aromatic N) is 1. The van der Waals surface area contributed by atoms with E-state index < -0.39 is 0 Å². The maximum Gasteiger partial charge on any atom is 0.0945 e. The van der Waals surface area contributed by atoms with Gasteiger partial charge in [0, 0.05) is 17.5 Å². The summed E-state index contributed by atoms with van der Waals surface area (Å²) in [5, 5.41) is 3.57. The third kappa shape index (κ3) is 3.15. The maximum atomic E-state index is 4.75. The van der Waals surface area contributed by atoms with Gasteiger partial charge in [0.25, 0.3) is 0 Å². The fourth-order valence-electron chi connectivity index (χ4n) is 1.62. The van der Waals surface area contributed by atoms with E-state index in [1.807, 2.05) is 23.5 Å². The van der Waals surface area contributed by atoms with Gasteiger partial charge in [-0.3, -0.25) is 4.99 Å². The summed E-state index contributed by atoms with van der Waals surface area (Å²) >= 11 is 3.83. The van der Waals surface area contributed by atoms with Crippen molar-refractivity contribution < 1.29 is 0 Å². The van der Waals surface area contributed by atoms with Gasteiger partial charge in [0.05, 0.1) is 5.04 Å². The van der Waals surface area contributed by atoms with E-state index in [1.54, 1.807) is 0 Å². The van der Waals surface area contributed by atoms with Crippen LogP contribution in [0.5, 0.6) is 0 Å². The summed E-state index contributed by atoms with van der Waals surface area (Å²) in [4.78, 5) is 4.75. The lowest BCUT2D eigenvalue weighted by Gasteiger charge is -2.18. The van der Waals surface area contributed by atoms with E-state index in [2.05, 4.69) is 25.3 Å². The molecular weight excluding hydrogens is 222 g/mol. The summed E-state index contributed by atoms with van der Waals surface area (Å²) in [6.07, 6.45) is 4.68. The molecule has 0 aromatic heterocycles. The zero-order valence-electron chi connectivity index (χ0n) is 9.32. The van der Waals surface area contributed by atoms with Crippen LogP contribution in [0.15, 0.2) is 27.6 Å². The minimum Gasteiger partial charge on any atom is -0.275 e. The average Bonchev–Trinajstić information content (AvgIpc) is 2.43. The predicted molar refractivity (Wildman–Crippen MR) is 72.9 cm³/mol. The summed E-state index contributed by atoms with van der Waals surface area (Å²) in [7, 11) is 0. The van der Waals surface area contributed by atoms with Crippen LogP contribution in [-0.4, -0.2) is 22.6 Å². The number of thioether (sulfide) groups is 2.